The van der Waals surface area contributed by atoms with E-state index in [4.69, 9.17) is 4.74 Å². The molecular formula is C12H23N3O. The Bertz CT molecular complexity index is 284. The second-order valence-electron chi connectivity index (χ2n) is 4.23. The van der Waals surface area contributed by atoms with Gasteiger partial charge in [0.15, 0.2) is 0 Å². The summed E-state index contributed by atoms with van der Waals surface area (Å²) in [6.45, 7) is 7.92. The van der Waals surface area contributed by atoms with Gasteiger partial charge in [-0.2, -0.15) is 5.10 Å². The van der Waals surface area contributed by atoms with Crippen molar-refractivity contribution in [2.45, 2.75) is 46.2 Å². The maximum atomic E-state index is 5.20. The molecule has 0 saturated carbocycles. The lowest BCUT2D eigenvalue weighted by Crippen LogP contribution is -2.32. The van der Waals surface area contributed by atoms with Crippen molar-refractivity contribution in [3.63, 3.8) is 0 Å². The van der Waals surface area contributed by atoms with Crippen molar-refractivity contribution >= 4 is 0 Å². The predicted octanol–water partition coefficient (Wildman–Crippen LogP) is 1.93. The molecule has 0 fully saturated rings. The third-order valence-corrected chi connectivity index (χ3v) is 2.85. The van der Waals surface area contributed by atoms with Gasteiger partial charge < -0.3 is 10.1 Å². The smallest absolute Gasteiger partial charge is 0.0638 e. The van der Waals surface area contributed by atoms with Crippen molar-refractivity contribution in [1.82, 2.24) is 15.5 Å². The molecule has 4 nitrogen and oxygen atoms in total. The van der Waals surface area contributed by atoms with Gasteiger partial charge in [0, 0.05) is 31.0 Å². The highest BCUT2D eigenvalue weighted by Gasteiger charge is 2.10. The van der Waals surface area contributed by atoms with Gasteiger partial charge in [-0.3, -0.25) is 5.10 Å². The molecule has 0 aliphatic heterocycles. The van der Waals surface area contributed by atoms with Crippen LogP contribution in [0.1, 0.15) is 36.7 Å². The molecule has 1 aromatic heterocycles. The van der Waals surface area contributed by atoms with Crippen molar-refractivity contribution in [3.05, 3.63) is 17.0 Å². The van der Waals surface area contributed by atoms with Crippen molar-refractivity contribution in [1.29, 1.82) is 0 Å². The van der Waals surface area contributed by atoms with Crippen LogP contribution in [0.3, 0.4) is 0 Å². The van der Waals surface area contributed by atoms with Gasteiger partial charge >= 0.3 is 0 Å². The minimum absolute atomic E-state index is 0.434. The number of aromatic nitrogens is 2. The van der Waals surface area contributed by atoms with Crippen LogP contribution in [0, 0.1) is 13.8 Å². The molecule has 4 heteroatoms. The minimum Gasteiger partial charge on any atom is -0.383 e. The first-order valence-corrected chi connectivity index (χ1v) is 5.91. The first-order valence-electron chi connectivity index (χ1n) is 5.91. The van der Waals surface area contributed by atoms with Gasteiger partial charge in [-0.25, -0.2) is 0 Å². The largest absolute Gasteiger partial charge is 0.383 e. The lowest BCUT2D eigenvalue weighted by Gasteiger charge is -2.17. The summed E-state index contributed by atoms with van der Waals surface area (Å²) in [5.74, 6) is 0. The minimum atomic E-state index is 0.434. The van der Waals surface area contributed by atoms with E-state index in [-0.39, 0.29) is 0 Å². The fourth-order valence-corrected chi connectivity index (χ4v) is 1.87. The summed E-state index contributed by atoms with van der Waals surface area (Å²) in [5.41, 5.74) is 3.51. The highest BCUT2D eigenvalue weighted by atomic mass is 16.5. The third kappa shape index (κ3) is 3.61. The van der Waals surface area contributed by atoms with Crippen molar-refractivity contribution in [2.75, 3.05) is 13.7 Å². The average Bonchev–Trinajstić information content (AvgIpc) is 2.56. The summed E-state index contributed by atoms with van der Waals surface area (Å²) in [6, 6.07) is 0.434. The lowest BCUT2D eigenvalue weighted by atomic mass is 10.1. The zero-order valence-electron chi connectivity index (χ0n) is 10.8. The molecule has 16 heavy (non-hydrogen) atoms. The Morgan fingerprint density at radius 3 is 2.69 bits per heavy atom. The first-order chi connectivity index (χ1) is 7.69. The number of nitrogens with one attached hydrogen (secondary N) is 2. The molecule has 0 aliphatic rings. The van der Waals surface area contributed by atoms with E-state index in [1.165, 1.54) is 12.0 Å². The highest BCUT2D eigenvalue weighted by Crippen LogP contribution is 2.09. The summed E-state index contributed by atoms with van der Waals surface area (Å²) in [7, 11) is 1.75. The first kappa shape index (κ1) is 13.2. The topological polar surface area (TPSA) is 49.9 Å². The Balaban J connectivity index is 2.48. The van der Waals surface area contributed by atoms with Crippen LogP contribution >= 0.6 is 0 Å². The quantitative estimate of drug-likeness (QED) is 0.745. The van der Waals surface area contributed by atoms with Gasteiger partial charge in [0.2, 0.25) is 0 Å². The number of rotatable bonds is 7. The van der Waals surface area contributed by atoms with Crippen LogP contribution < -0.4 is 5.32 Å². The zero-order chi connectivity index (χ0) is 12.0. The normalized spacial score (nSPS) is 13.0. The van der Waals surface area contributed by atoms with Crippen LogP contribution in [0.25, 0.3) is 0 Å². The predicted molar refractivity (Wildman–Crippen MR) is 65.5 cm³/mol. The molecule has 0 saturated heterocycles. The molecule has 2 N–H and O–H groups in total. The summed E-state index contributed by atoms with van der Waals surface area (Å²) >= 11 is 0. The average molecular weight is 225 g/mol. The summed E-state index contributed by atoms with van der Waals surface area (Å²) in [4.78, 5) is 0. The van der Waals surface area contributed by atoms with E-state index in [9.17, 15) is 0 Å². The van der Waals surface area contributed by atoms with E-state index in [2.05, 4.69) is 29.4 Å². The molecule has 0 spiro atoms. The number of nitrogens with zero attached hydrogens (tertiary/aromatic N) is 1. The van der Waals surface area contributed by atoms with E-state index in [1.54, 1.807) is 7.11 Å². The molecule has 92 valence electrons. The number of aromatic amines is 1. The van der Waals surface area contributed by atoms with Crippen LogP contribution in [0.15, 0.2) is 0 Å². The van der Waals surface area contributed by atoms with Gasteiger partial charge in [-0.1, -0.05) is 13.3 Å². The Morgan fingerprint density at radius 2 is 2.19 bits per heavy atom. The zero-order valence-corrected chi connectivity index (χ0v) is 10.8. The number of H-pyrrole nitrogens is 1. The van der Waals surface area contributed by atoms with Crippen LogP contribution in [0.2, 0.25) is 0 Å². The van der Waals surface area contributed by atoms with E-state index < -0.39 is 0 Å². The van der Waals surface area contributed by atoms with Gasteiger partial charge in [-0.15, -0.1) is 0 Å². The molecule has 1 unspecified atom stereocenters. The fourth-order valence-electron chi connectivity index (χ4n) is 1.87. The van der Waals surface area contributed by atoms with Gasteiger partial charge in [0.1, 0.15) is 0 Å². The van der Waals surface area contributed by atoms with Crippen LogP contribution in [-0.2, 0) is 11.3 Å². The number of hydrogen-bond acceptors (Lipinski definition) is 3. The summed E-state index contributed by atoms with van der Waals surface area (Å²) < 4.78 is 5.20. The molecule has 0 bridgehead atoms. The Kier molecular flexibility index (Phi) is 5.49. The lowest BCUT2D eigenvalue weighted by molar-refractivity contribution is 0.161. The van der Waals surface area contributed by atoms with Crippen LogP contribution in [0.5, 0.6) is 0 Å². The molecule has 0 radical (unpaired) electrons. The van der Waals surface area contributed by atoms with E-state index in [1.807, 2.05) is 6.92 Å². The van der Waals surface area contributed by atoms with Crippen molar-refractivity contribution in [3.8, 4) is 0 Å². The number of ether oxygens (including phenoxy) is 1. The molecule has 0 aromatic carbocycles. The van der Waals surface area contributed by atoms with Crippen LogP contribution in [-0.4, -0.2) is 30.0 Å². The molecule has 0 aliphatic carbocycles. The number of hydrogen-bond donors (Lipinski definition) is 2. The van der Waals surface area contributed by atoms with Crippen molar-refractivity contribution in [2.24, 2.45) is 0 Å². The standard InChI is InChI=1S/C12H23N3O/c1-5-6-11(8-16-4)13-7-12-9(2)14-15-10(12)3/h11,13H,5-8H2,1-4H3,(H,14,15). The molecule has 0 amide bonds. The Hall–Kier alpha value is -0.870. The van der Waals surface area contributed by atoms with Gasteiger partial charge in [-0.05, 0) is 20.3 Å². The SMILES string of the molecule is CCCC(COC)NCc1c(C)n[nH]c1C. The molecule has 1 rings (SSSR count). The summed E-state index contributed by atoms with van der Waals surface area (Å²) in [5, 5.41) is 10.7. The van der Waals surface area contributed by atoms with Gasteiger partial charge in [0.25, 0.3) is 0 Å². The number of methoxy groups -OCH3 is 1. The molecule has 1 atom stereocenters. The van der Waals surface area contributed by atoms with Crippen molar-refractivity contribution < 1.29 is 4.74 Å². The van der Waals surface area contributed by atoms with E-state index in [0.717, 1.165) is 31.0 Å². The maximum Gasteiger partial charge on any atom is 0.0638 e. The Morgan fingerprint density at radius 1 is 1.44 bits per heavy atom. The molecule has 1 heterocycles. The van der Waals surface area contributed by atoms with Crippen LogP contribution in [0.4, 0.5) is 0 Å². The monoisotopic (exact) mass is 225 g/mol. The second kappa shape index (κ2) is 6.66. The summed E-state index contributed by atoms with van der Waals surface area (Å²) in [6.07, 6.45) is 2.31. The van der Waals surface area contributed by atoms with E-state index in [0.29, 0.717) is 6.04 Å². The fraction of sp³-hybridized carbons (Fsp3) is 0.750. The maximum absolute atomic E-state index is 5.20. The highest BCUT2D eigenvalue weighted by molar-refractivity contribution is 5.22. The third-order valence-electron chi connectivity index (χ3n) is 2.85. The molecule has 1 aromatic rings. The van der Waals surface area contributed by atoms with E-state index >= 15 is 0 Å². The molecular weight excluding hydrogens is 202 g/mol. The van der Waals surface area contributed by atoms with Gasteiger partial charge in [0.05, 0.1) is 12.3 Å². The second-order valence-corrected chi connectivity index (χ2v) is 4.23. The Labute approximate surface area is 97.8 Å². The number of aryl methyl sites for hydroxylation is 2.